The number of rotatable bonds is 4. The molecular formula is C13H12BrN3O4S. The third-order valence-electron chi connectivity index (χ3n) is 2.71. The van der Waals surface area contributed by atoms with Gasteiger partial charge in [-0.3, -0.25) is 9.78 Å². The summed E-state index contributed by atoms with van der Waals surface area (Å²) in [5, 5.41) is 7.65. The van der Waals surface area contributed by atoms with Crippen molar-refractivity contribution < 1.29 is 17.9 Å². The highest BCUT2D eigenvalue weighted by molar-refractivity contribution is 9.10. The first kappa shape index (κ1) is 16.4. The molecule has 0 fully saturated rings. The molecule has 0 aliphatic heterocycles. The van der Waals surface area contributed by atoms with E-state index in [0.717, 1.165) is 0 Å². The van der Waals surface area contributed by atoms with Crippen molar-refractivity contribution in [3.63, 3.8) is 0 Å². The Kier molecular flexibility index (Phi) is 4.79. The summed E-state index contributed by atoms with van der Waals surface area (Å²) in [6.45, 7) is 0. The SMILES string of the molecule is COc1ccc(S(N)(=O)=O)cc1NC(=O)c1cncc(Br)c1. The molecule has 0 aliphatic rings. The first-order valence-corrected chi connectivity index (χ1v) is 8.28. The van der Waals surface area contributed by atoms with Gasteiger partial charge < -0.3 is 10.1 Å². The molecule has 3 N–H and O–H groups in total. The molecule has 0 atom stereocenters. The van der Waals surface area contributed by atoms with Crippen molar-refractivity contribution in [2.24, 2.45) is 5.14 Å². The molecule has 22 heavy (non-hydrogen) atoms. The number of methoxy groups -OCH3 is 1. The molecule has 2 aromatic rings. The standard InChI is InChI=1S/C13H12BrN3O4S/c1-21-12-3-2-10(22(15,19)20)5-11(12)17-13(18)8-4-9(14)7-16-6-8/h2-7H,1H3,(H,17,18)(H2,15,19,20). The molecule has 1 aromatic carbocycles. The van der Waals surface area contributed by atoms with Crippen LogP contribution in [0.3, 0.4) is 0 Å². The summed E-state index contributed by atoms with van der Waals surface area (Å²) in [7, 11) is -2.48. The van der Waals surface area contributed by atoms with Gasteiger partial charge in [0.2, 0.25) is 10.0 Å². The number of nitrogens with one attached hydrogen (secondary N) is 1. The quantitative estimate of drug-likeness (QED) is 0.832. The van der Waals surface area contributed by atoms with Crippen molar-refractivity contribution >= 4 is 37.5 Å². The lowest BCUT2D eigenvalue weighted by molar-refractivity contribution is 0.102. The summed E-state index contributed by atoms with van der Waals surface area (Å²) in [5.74, 6) is -0.151. The summed E-state index contributed by atoms with van der Waals surface area (Å²) < 4.78 is 28.5. The van der Waals surface area contributed by atoms with Gasteiger partial charge in [0.05, 0.1) is 23.3 Å². The maximum atomic E-state index is 12.2. The number of hydrogen-bond donors (Lipinski definition) is 2. The minimum absolute atomic E-state index is 0.129. The van der Waals surface area contributed by atoms with E-state index >= 15 is 0 Å². The second-order valence-electron chi connectivity index (χ2n) is 4.25. The van der Waals surface area contributed by atoms with Gasteiger partial charge in [-0.25, -0.2) is 13.6 Å². The summed E-state index contributed by atoms with van der Waals surface area (Å²) >= 11 is 3.22. The highest BCUT2D eigenvalue weighted by Crippen LogP contribution is 2.27. The largest absolute Gasteiger partial charge is 0.495 e. The number of anilines is 1. The van der Waals surface area contributed by atoms with Crippen LogP contribution in [0.1, 0.15) is 10.4 Å². The second-order valence-corrected chi connectivity index (χ2v) is 6.73. The summed E-state index contributed by atoms with van der Waals surface area (Å²) in [4.78, 5) is 15.9. The minimum Gasteiger partial charge on any atom is -0.495 e. The topological polar surface area (TPSA) is 111 Å². The van der Waals surface area contributed by atoms with E-state index in [9.17, 15) is 13.2 Å². The van der Waals surface area contributed by atoms with E-state index in [1.54, 1.807) is 12.3 Å². The zero-order valence-electron chi connectivity index (χ0n) is 11.4. The van der Waals surface area contributed by atoms with E-state index in [1.807, 2.05) is 0 Å². The Hall–Kier alpha value is -1.97. The Morgan fingerprint density at radius 3 is 2.64 bits per heavy atom. The van der Waals surface area contributed by atoms with Crippen molar-refractivity contribution in [3.05, 3.63) is 46.7 Å². The van der Waals surface area contributed by atoms with Gasteiger partial charge in [0, 0.05) is 16.9 Å². The fraction of sp³-hybridized carbons (Fsp3) is 0.0769. The number of aromatic nitrogens is 1. The zero-order valence-corrected chi connectivity index (χ0v) is 13.8. The molecule has 1 amide bonds. The van der Waals surface area contributed by atoms with Gasteiger partial charge in [-0.1, -0.05) is 0 Å². The summed E-state index contributed by atoms with van der Waals surface area (Å²) in [5.41, 5.74) is 0.497. The van der Waals surface area contributed by atoms with Crippen LogP contribution in [0.25, 0.3) is 0 Å². The number of sulfonamides is 1. The van der Waals surface area contributed by atoms with Crippen LogP contribution in [0.4, 0.5) is 5.69 Å². The Morgan fingerprint density at radius 1 is 1.32 bits per heavy atom. The fourth-order valence-electron chi connectivity index (χ4n) is 1.69. The van der Waals surface area contributed by atoms with Crippen LogP contribution in [0.15, 0.2) is 46.0 Å². The maximum absolute atomic E-state index is 12.2. The summed E-state index contributed by atoms with van der Waals surface area (Å²) in [6, 6.07) is 5.52. The van der Waals surface area contributed by atoms with Crippen molar-refractivity contribution in [2.45, 2.75) is 4.90 Å². The van der Waals surface area contributed by atoms with E-state index in [2.05, 4.69) is 26.2 Å². The molecule has 0 saturated carbocycles. The minimum atomic E-state index is -3.88. The highest BCUT2D eigenvalue weighted by atomic mass is 79.9. The van der Waals surface area contributed by atoms with E-state index in [0.29, 0.717) is 15.8 Å². The average Bonchev–Trinajstić information content (AvgIpc) is 2.46. The molecule has 0 radical (unpaired) electrons. The number of nitrogens with two attached hydrogens (primary N) is 1. The molecule has 2 rings (SSSR count). The van der Waals surface area contributed by atoms with Gasteiger partial charge in [0.15, 0.2) is 0 Å². The molecule has 9 heteroatoms. The normalized spacial score (nSPS) is 11.0. The monoisotopic (exact) mass is 385 g/mol. The van der Waals surface area contributed by atoms with E-state index < -0.39 is 15.9 Å². The number of carbonyl (C=O) groups is 1. The first-order valence-electron chi connectivity index (χ1n) is 5.94. The smallest absolute Gasteiger partial charge is 0.257 e. The van der Waals surface area contributed by atoms with Crippen LogP contribution in [-0.4, -0.2) is 26.4 Å². The third kappa shape index (κ3) is 3.81. The van der Waals surface area contributed by atoms with E-state index in [-0.39, 0.29) is 10.6 Å². The van der Waals surface area contributed by atoms with E-state index in [4.69, 9.17) is 9.88 Å². The highest BCUT2D eigenvalue weighted by Gasteiger charge is 2.15. The average molecular weight is 386 g/mol. The number of halogens is 1. The molecule has 0 bridgehead atoms. The lowest BCUT2D eigenvalue weighted by atomic mass is 10.2. The van der Waals surface area contributed by atoms with Crippen LogP contribution < -0.4 is 15.2 Å². The van der Waals surface area contributed by atoms with Gasteiger partial charge >= 0.3 is 0 Å². The molecule has 116 valence electrons. The van der Waals surface area contributed by atoms with Crippen molar-refractivity contribution in [1.82, 2.24) is 4.98 Å². The predicted octanol–water partition coefficient (Wildman–Crippen LogP) is 1.75. The molecule has 0 saturated heterocycles. The van der Waals surface area contributed by atoms with Crippen LogP contribution in [-0.2, 0) is 10.0 Å². The molecule has 1 aromatic heterocycles. The Balaban J connectivity index is 2.37. The number of ether oxygens (including phenoxy) is 1. The third-order valence-corrected chi connectivity index (χ3v) is 4.06. The van der Waals surface area contributed by atoms with Gasteiger partial charge in [0.1, 0.15) is 5.75 Å². The van der Waals surface area contributed by atoms with Crippen LogP contribution in [0.2, 0.25) is 0 Å². The second kappa shape index (κ2) is 6.42. The van der Waals surface area contributed by atoms with Gasteiger partial charge in [-0.2, -0.15) is 0 Å². The maximum Gasteiger partial charge on any atom is 0.257 e. The molecule has 7 nitrogen and oxygen atoms in total. The Bertz CT molecular complexity index is 824. The van der Waals surface area contributed by atoms with Gasteiger partial charge in [-0.05, 0) is 40.2 Å². The molecular weight excluding hydrogens is 374 g/mol. The number of amides is 1. The van der Waals surface area contributed by atoms with Crippen molar-refractivity contribution in [2.75, 3.05) is 12.4 Å². The van der Waals surface area contributed by atoms with Crippen molar-refractivity contribution in [3.8, 4) is 5.75 Å². The lowest BCUT2D eigenvalue weighted by Gasteiger charge is -2.11. The molecule has 0 aliphatic carbocycles. The van der Waals surface area contributed by atoms with Gasteiger partial charge in [0.25, 0.3) is 5.91 Å². The zero-order chi connectivity index (χ0) is 16.3. The number of carbonyl (C=O) groups excluding carboxylic acids is 1. The number of primary sulfonamides is 1. The Morgan fingerprint density at radius 2 is 2.05 bits per heavy atom. The lowest BCUT2D eigenvalue weighted by Crippen LogP contribution is -2.15. The van der Waals surface area contributed by atoms with Crippen LogP contribution in [0, 0.1) is 0 Å². The van der Waals surface area contributed by atoms with Gasteiger partial charge in [-0.15, -0.1) is 0 Å². The van der Waals surface area contributed by atoms with E-state index in [1.165, 1.54) is 31.5 Å². The first-order chi connectivity index (χ1) is 10.3. The van der Waals surface area contributed by atoms with Crippen molar-refractivity contribution in [1.29, 1.82) is 0 Å². The molecule has 0 unspecified atom stereocenters. The number of nitrogens with zero attached hydrogens (tertiary/aromatic N) is 1. The number of pyridine rings is 1. The predicted molar refractivity (Wildman–Crippen MR) is 84.3 cm³/mol. The molecule has 1 heterocycles. The number of hydrogen-bond acceptors (Lipinski definition) is 5. The molecule has 0 spiro atoms. The summed E-state index contributed by atoms with van der Waals surface area (Å²) in [6.07, 6.45) is 2.93. The fourth-order valence-corrected chi connectivity index (χ4v) is 2.60. The van der Waals surface area contributed by atoms with Crippen LogP contribution >= 0.6 is 15.9 Å². The van der Waals surface area contributed by atoms with Crippen LogP contribution in [0.5, 0.6) is 5.75 Å². The number of benzene rings is 1. The Labute approximate surface area is 135 Å².